The monoisotopic (exact) mass is 494 g/mol. The fraction of sp³-hybridized carbons (Fsp3) is 0.0968. The number of pyridine rings is 1. The molecule has 4 aromatic carbocycles. The van der Waals surface area contributed by atoms with Crippen molar-refractivity contribution in [1.82, 2.24) is 4.98 Å². The average molecular weight is 495 g/mol. The summed E-state index contributed by atoms with van der Waals surface area (Å²) in [5, 5.41) is 3.80. The van der Waals surface area contributed by atoms with Crippen molar-refractivity contribution in [2.45, 2.75) is 20.0 Å². The number of fused-ring (bicyclic) bond motifs is 1. The van der Waals surface area contributed by atoms with Gasteiger partial charge in [0.15, 0.2) is 11.6 Å². The van der Waals surface area contributed by atoms with Gasteiger partial charge in [0, 0.05) is 41.1 Å². The number of nitrogens with one attached hydrogen (secondary N) is 1. The molecule has 37 heavy (non-hydrogen) atoms. The molecule has 5 rings (SSSR count). The third-order valence-electron chi connectivity index (χ3n) is 6.06. The third-order valence-corrected chi connectivity index (χ3v) is 6.06. The summed E-state index contributed by atoms with van der Waals surface area (Å²) in [7, 11) is 0. The Hall–Kier alpha value is -4.58. The van der Waals surface area contributed by atoms with Gasteiger partial charge in [0.05, 0.1) is 11.2 Å². The maximum atomic E-state index is 15.1. The Bertz CT molecular complexity index is 1590. The van der Waals surface area contributed by atoms with Crippen LogP contribution in [0.3, 0.4) is 0 Å². The number of amides is 1. The van der Waals surface area contributed by atoms with Crippen LogP contribution in [0.4, 0.5) is 14.5 Å². The second kappa shape index (κ2) is 10.6. The van der Waals surface area contributed by atoms with Crippen LogP contribution in [0.15, 0.2) is 97.1 Å². The topological polar surface area (TPSA) is 51.2 Å². The van der Waals surface area contributed by atoms with Gasteiger partial charge in [-0.25, -0.2) is 13.8 Å². The quantitative estimate of drug-likeness (QED) is 0.258. The second-order valence-corrected chi connectivity index (χ2v) is 8.69. The Balaban J connectivity index is 1.62. The van der Waals surface area contributed by atoms with E-state index in [4.69, 9.17) is 4.74 Å². The minimum absolute atomic E-state index is 0.0453. The van der Waals surface area contributed by atoms with Crippen LogP contribution in [0.25, 0.3) is 22.0 Å². The molecule has 1 aromatic heterocycles. The molecule has 0 fully saturated rings. The van der Waals surface area contributed by atoms with Crippen LogP contribution in [0.2, 0.25) is 0 Å². The summed E-state index contributed by atoms with van der Waals surface area (Å²) in [6, 6.07) is 28.7. The molecule has 0 bridgehead atoms. The Kier molecular flexibility index (Phi) is 6.90. The van der Waals surface area contributed by atoms with E-state index in [0.29, 0.717) is 29.0 Å². The van der Waals surface area contributed by atoms with Crippen molar-refractivity contribution in [2.24, 2.45) is 0 Å². The normalized spacial score (nSPS) is 10.9. The highest BCUT2D eigenvalue weighted by Gasteiger charge is 2.22. The van der Waals surface area contributed by atoms with E-state index in [1.807, 2.05) is 66.7 Å². The lowest BCUT2D eigenvalue weighted by molar-refractivity contribution is -0.114. The van der Waals surface area contributed by atoms with Gasteiger partial charge in [-0.05, 0) is 35.9 Å². The summed E-state index contributed by atoms with van der Waals surface area (Å²) >= 11 is 0. The zero-order valence-corrected chi connectivity index (χ0v) is 20.2. The second-order valence-electron chi connectivity index (χ2n) is 8.69. The molecule has 5 aromatic rings. The maximum Gasteiger partial charge on any atom is 0.221 e. The zero-order chi connectivity index (χ0) is 25.8. The van der Waals surface area contributed by atoms with Crippen LogP contribution >= 0.6 is 0 Å². The molecule has 0 aliphatic carbocycles. The van der Waals surface area contributed by atoms with Crippen molar-refractivity contribution in [3.05, 3.63) is 126 Å². The van der Waals surface area contributed by atoms with E-state index in [1.165, 1.54) is 19.1 Å². The molecule has 0 radical (unpaired) electrons. The fourth-order valence-electron chi connectivity index (χ4n) is 4.38. The number of benzene rings is 4. The minimum Gasteiger partial charge on any atom is -0.487 e. The van der Waals surface area contributed by atoms with Gasteiger partial charge >= 0.3 is 0 Å². The fourth-order valence-corrected chi connectivity index (χ4v) is 4.38. The highest BCUT2D eigenvalue weighted by Crippen LogP contribution is 2.40. The van der Waals surface area contributed by atoms with Gasteiger partial charge in [-0.2, -0.15) is 0 Å². The Morgan fingerprint density at radius 2 is 1.65 bits per heavy atom. The number of rotatable bonds is 7. The number of carbonyl (C=O) groups is 1. The summed E-state index contributed by atoms with van der Waals surface area (Å²) in [4.78, 5) is 16.7. The predicted molar refractivity (Wildman–Crippen MR) is 141 cm³/mol. The summed E-state index contributed by atoms with van der Waals surface area (Å²) < 4.78 is 35.7. The highest BCUT2D eigenvalue weighted by atomic mass is 19.2. The first kappa shape index (κ1) is 24.1. The van der Waals surface area contributed by atoms with E-state index in [-0.39, 0.29) is 18.1 Å². The number of aromatic nitrogens is 1. The minimum atomic E-state index is -0.989. The molecular weight excluding hydrogens is 470 g/mol. The molecule has 0 aliphatic rings. The van der Waals surface area contributed by atoms with Crippen molar-refractivity contribution in [2.75, 3.05) is 5.32 Å². The Morgan fingerprint density at radius 1 is 0.865 bits per heavy atom. The maximum absolute atomic E-state index is 15.1. The number of carbonyl (C=O) groups excluding carboxylic acids is 1. The predicted octanol–water partition coefficient (Wildman–Crippen LogP) is 7.31. The van der Waals surface area contributed by atoms with E-state index >= 15 is 4.39 Å². The first-order valence-corrected chi connectivity index (χ1v) is 11.9. The van der Waals surface area contributed by atoms with Crippen LogP contribution in [-0.4, -0.2) is 10.9 Å². The van der Waals surface area contributed by atoms with E-state index < -0.39 is 11.6 Å². The van der Waals surface area contributed by atoms with E-state index in [2.05, 4.69) is 10.3 Å². The third kappa shape index (κ3) is 5.33. The smallest absolute Gasteiger partial charge is 0.221 e. The molecule has 184 valence electrons. The lowest BCUT2D eigenvalue weighted by Gasteiger charge is -2.20. The molecule has 1 heterocycles. The number of para-hydroxylation sites is 1. The summed E-state index contributed by atoms with van der Waals surface area (Å²) in [5.74, 6) is -1.79. The molecule has 1 amide bonds. The number of hydrogen-bond donors (Lipinski definition) is 1. The number of ether oxygens (including phenoxy) is 1. The number of nitrogens with zero attached hydrogens (tertiary/aromatic N) is 1. The van der Waals surface area contributed by atoms with Crippen LogP contribution in [0.5, 0.6) is 5.75 Å². The largest absolute Gasteiger partial charge is 0.487 e. The van der Waals surface area contributed by atoms with Crippen LogP contribution in [0, 0.1) is 11.6 Å². The average Bonchev–Trinajstić information content (AvgIpc) is 2.90. The van der Waals surface area contributed by atoms with Crippen molar-refractivity contribution in [3.8, 4) is 16.9 Å². The van der Waals surface area contributed by atoms with Crippen molar-refractivity contribution in [3.63, 3.8) is 0 Å². The summed E-state index contributed by atoms with van der Waals surface area (Å²) in [5.41, 5.74) is 3.96. The van der Waals surface area contributed by atoms with Gasteiger partial charge in [0.2, 0.25) is 5.91 Å². The van der Waals surface area contributed by atoms with Gasteiger partial charge in [-0.3, -0.25) is 4.79 Å². The molecule has 0 saturated carbocycles. The van der Waals surface area contributed by atoms with Crippen LogP contribution in [0.1, 0.15) is 23.7 Å². The lowest BCUT2D eigenvalue weighted by atomic mass is 9.92. The van der Waals surface area contributed by atoms with Gasteiger partial charge in [0.1, 0.15) is 12.4 Å². The summed E-state index contributed by atoms with van der Waals surface area (Å²) in [6.07, 6.45) is 0.375. The molecule has 1 N–H and O–H groups in total. The Morgan fingerprint density at radius 3 is 2.46 bits per heavy atom. The molecule has 6 heteroatoms. The standard InChI is InChI=1S/C31H24F2N2O2/c1-20(36)34-28-16-17-29(37-19-23-15-14-22-10-5-6-13-27(22)35-23)25(18-21-8-3-2-4-9-21)30(28)24-11-7-12-26(32)31(24)33/h2-17H,18-19H2,1H3,(H,34,36). The van der Waals surface area contributed by atoms with Crippen LogP contribution in [-0.2, 0) is 17.8 Å². The molecule has 0 spiro atoms. The lowest BCUT2D eigenvalue weighted by Crippen LogP contribution is -2.10. The zero-order valence-electron chi connectivity index (χ0n) is 20.2. The number of hydrogen-bond acceptors (Lipinski definition) is 3. The molecule has 0 aliphatic heterocycles. The first-order chi connectivity index (χ1) is 18.0. The highest BCUT2D eigenvalue weighted by molar-refractivity contribution is 5.96. The van der Waals surface area contributed by atoms with E-state index in [0.717, 1.165) is 28.2 Å². The Labute approximate surface area is 213 Å². The van der Waals surface area contributed by atoms with Crippen molar-refractivity contribution in [1.29, 1.82) is 0 Å². The SMILES string of the molecule is CC(=O)Nc1ccc(OCc2ccc3ccccc3n2)c(Cc2ccccc2)c1-c1cccc(F)c1F. The van der Waals surface area contributed by atoms with Crippen molar-refractivity contribution < 1.29 is 18.3 Å². The van der Waals surface area contributed by atoms with E-state index in [9.17, 15) is 9.18 Å². The molecular formula is C31H24F2N2O2. The number of halogens is 2. The van der Waals surface area contributed by atoms with Gasteiger partial charge in [-0.1, -0.05) is 66.7 Å². The van der Waals surface area contributed by atoms with Gasteiger partial charge < -0.3 is 10.1 Å². The molecule has 0 saturated heterocycles. The van der Waals surface area contributed by atoms with Gasteiger partial charge in [-0.15, -0.1) is 0 Å². The first-order valence-electron chi connectivity index (χ1n) is 11.9. The van der Waals surface area contributed by atoms with E-state index in [1.54, 1.807) is 12.1 Å². The molecule has 0 unspecified atom stereocenters. The molecule has 4 nitrogen and oxygen atoms in total. The van der Waals surface area contributed by atoms with Gasteiger partial charge in [0.25, 0.3) is 0 Å². The molecule has 0 atom stereocenters. The van der Waals surface area contributed by atoms with Crippen LogP contribution < -0.4 is 10.1 Å². The van der Waals surface area contributed by atoms with Crippen molar-refractivity contribution >= 4 is 22.5 Å². The number of anilines is 1. The summed E-state index contributed by atoms with van der Waals surface area (Å²) in [6.45, 7) is 1.55.